The highest BCUT2D eigenvalue weighted by Gasteiger charge is 2.36. The summed E-state index contributed by atoms with van der Waals surface area (Å²) in [5, 5.41) is 15.2. The number of benzene rings is 3. The number of aliphatic hydroxyl groups excluding tert-OH is 1. The lowest BCUT2D eigenvalue weighted by Crippen LogP contribution is -2.47. The first-order chi connectivity index (χ1) is 24.0. The lowest BCUT2D eigenvalue weighted by atomic mass is 9.99. The third-order valence-electron chi connectivity index (χ3n) is 10.00. The van der Waals surface area contributed by atoms with Crippen LogP contribution in [-0.4, -0.2) is 84.9 Å². The van der Waals surface area contributed by atoms with Gasteiger partial charge in [-0.3, -0.25) is 4.90 Å². The molecule has 5 atom stereocenters. The Morgan fingerprint density at radius 2 is 1.57 bits per heavy atom. The fourth-order valence-electron chi connectivity index (χ4n) is 7.27. The summed E-state index contributed by atoms with van der Waals surface area (Å²) in [6, 6.07) is 24.8. The Morgan fingerprint density at radius 1 is 0.857 bits per heavy atom. The molecule has 3 fully saturated rings. The highest BCUT2D eigenvalue weighted by Crippen LogP contribution is 2.39. The van der Waals surface area contributed by atoms with Crippen molar-refractivity contribution in [1.82, 2.24) is 20.4 Å². The molecule has 0 radical (unpaired) electrons. The van der Waals surface area contributed by atoms with Crippen LogP contribution in [0.5, 0.6) is 0 Å². The second-order valence-corrected chi connectivity index (χ2v) is 13.5. The van der Waals surface area contributed by atoms with Crippen LogP contribution in [-0.2, 0) is 38.6 Å². The van der Waals surface area contributed by atoms with E-state index >= 15 is 0 Å². The Bertz CT molecular complexity index is 1480. The van der Waals surface area contributed by atoms with Crippen molar-refractivity contribution in [3.05, 3.63) is 107 Å². The average Bonchev–Trinajstić information content (AvgIpc) is 3.83. The van der Waals surface area contributed by atoms with Gasteiger partial charge in [0.1, 0.15) is 6.04 Å². The maximum atomic E-state index is 12.8. The summed E-state index contributed by atoms with van der Waals surface area (Å²) in [6.45, 7) is 5.83. The van der Waals surface area contributed by atoms with Crippen LogP contribution in [0.4, 0.5) is 4.79 Å². The molecule has 0 spiro atoms. The van der Waals surface area contributed by atoms with E-state index in [9.17, 15) is 14.7 Å². The van der Waals surface area contributed by atoms with Crippen LogP contribution >= 0.6 is 0 Å². The molecule has 0 saturated carbocycles. The topological polar surface area (TPSA) is 113 Å². The first-order valence-corrected chi connectivity index (χ1v) is 17.7. The van der Waals surface area contributed by atoms with Crippen LogP contribution in [0.2, 0.25) is 0 Å². The number of carbonyl (C=O) groups excluding carboxylic acids is 2. The predicted molar refractivity (Wildman–Crippen MR) is 186 cm³/mol. The van der Waals surface area contributed by atoms with Crippen LogP contribution in [0.1, 0.15) is 72.3 Å². The molecule has 49 heavy (non-hydrogen) atoms. The van der Waals surface area contributed by atoms with E-state index in [-0.39, 0.29) is 25.4 Å². The van der Waals surface area contributed by atoms with Crippen molar-refractivity contribution < 1.29 is 28.9 Å². The van der Waals surface area contributed by atoms with Gasteiger partial charge in [0, 0.05) is 44.1 Å². The fourth-order valence-corrected chi connectivity index (χ4v) is 7.27. The lowest BCUT2D eigenvalue weighted by Gasteiger charge is -2.39. The van der Waals surface area contributed by atoms with Crippen molar-refractivity contribution in [3.8, 4) is 0 Å². The number of hydrogen-bond acceptors (Lipinski definition) is 8. The second kappa shape index (κ2) is 17.2. The third kappa shape index (κ3) is 9.67. The molecule has 2 amide bonds. The minimum atomic E-state index is -0.799. The van der Waals surface area contributed by atoms with Gasteiger partial charge in [-0.2, -0.15) is 0 Å². The smallest absolute Gasteiger partial charge is 0.328 e. The van der Waals surface area contributed by atoms with Gasteiger partial charge in [0.25, 0.3) is 0 Å². The molecule has 3 heterocycles. The van der Waals surface area contributed by atoms with E-state index in [0.29, 0.717) is 12.5 Å². The van der Waals surface area contributed by atoms with Crippen LogP contribution in [0.15, 0.2) is 78.9 Å². The molecule has 10 heteroatoms. The lowest BCUT2D eigenvalue weighted by molar-refractivity contribution is -0.253. The molecule has 6 rings (SSSR count). The molecular weight excluding hydrogens is 620 g/mol. The number of urea groups is 1. The molecule has 0 bridgehead atoms. The van der Waals surface area contributed by atoms with Gasteiger partial charge in [0.2, 0.25) is 0 Å². The number of hydrogen-bond donors (Lipinski definition) is 3. The molecule has 3 aliphatic rings. The van der Waals surface area contributed by atoms with Crippen LogP contribution in [0, 0.1) is 0 Å². The Kier molecular flexibility index (Phi) is 12.3. The maximum absolute atomic E-state index is 12.8. The number of rotatable bonds is 13. The van der Waals surface area contributed by atoms with E-state index in [0.717, 1.165) is 53.9 Å². The van der Waals surface area contributed by atoms with Gasteiger partial charge in [-0.15, -0.1) is 0 Å². The number of likely N-dealkylation sites (tertiary alicyclic amines) is 2. The molecule has 3 aromatic carbocycles. The summed E-state index contributed by atoms with van der Waals surface area (Å²) < 4.78 is 18.2. The molecule has 0 unspecified atom stereocenters. The fraction of sp³-hybridized carbons (Fsp3) is 0.487. The van der Waals surface area contributed by atoms with E-state index in [1.807, 2.05) is 78.9 Å². The van der Waals surface area contributed by atoms with Crippen molar-refractivity contribution in [2.75, 3.05) is 39.8 Å². The molecule has 3 saturated heterocycles. The van der Waals surface area contributed by atoms with E-state index in [1.165, 1.54) is 45.9 Å². The minimum Gasteiger partial charge on any atom is -0.467 e. The summed E-state index contributed by atoms with van der Waals surface area (Å²) in [4.78, 5) is 30.4. The Hall–Kier alpha value is -3.80. The summed E-state index contributed by atoms with van der Waals surface area (Å²) >= 11 is 0. The standard InChI is InChI=1S/C39H50N4O6/c1-47-37(45)35(22-28-8-3-2-4-9-28)41-39(46)40-24-29-11-17-32(18-12-29)38-48-34(23-36(49-38)31-15-13-30(27-44)14-16-31)26-43-21-7-10-33(43)25-42-19-5-6-20-42/h2-4,8-9,11-18,33-36,38,44H,5-7,10,19-27H2,1H3,(H2,40,41,46)/t33-,34+,35-,36-,38-/m0/s1. The van der Waals surface area contributed by atoms with E-state index < -0.39 is 24.3 Å². The highest BCUT2D eigenvalue weighted by molar-refractivity contribution is 5.83. The van der Waals surface area contributed by atoms with E-state index in [2.05, 4.69) is 20.4 Å². The van der Waals surface area contributed by atoms with Crippen LogP contribution in [0.25, 0.3) is 0 Å². The first kappa shape index (κ1) is 35.0. The zero-order chi connectivity index (χ0) is 34.0. The average molecular weight is 671 g/mol. The van der Waals surface area contributed by atoms with Crippen LogP contribution < -0.4 is 10.6 Å². The second-order valence-electron chi connectivity index (χ2n) is 13.5. The van der Waals surface area contributed by atoms with Crippen LogP contribution in [0.3, 0.4) is 0 Å². The highest BCUT2D eigenvalue weighted by atomic mass is 16.7. The maximum Gasteiger partial charge on any atom is 0.328 e. The molecule has 0 aliphatic carbocycles. The van der Waals surface area contributed by atoms with Gasteiger partial charge in [-0.1, -0.05) is 78.9 Å². The molecule has 3 aliphatic heterocycles. The molecule has 262 valence electrons. The first-order valence-electron chi connectivity index (χ1n) is 17.7. The van der Waals surface area contributed by atoms with E-state index in [4.69, 9.17) is 14.2 Å². The van der Waals surface area contributed by atoms with Gasteiger partial charge in [0.05, 0.1) is 25.9 Å². The van der Waals surface area contributed by atoms with Crippen molar-refractivity contribution in [2.45, 2.75) is 82.3 Å². The van der Waals surface area contributed by atoms with E-state index in [1.54, 1.807) is 0 Å². The molecule has 0 aromatic heterocycles. The number of ether oxygens (including phenoxy) is 3. The minimum absolute atomic E-state index is 0.00382. The number of nitrogens with one attached hydrogen (secondary N) is 2. The molecule has 10 nitrogen and oxygen atoms in total. The van der Waals surface area contributed by atoms with Gasteiger partial charge in [-0.05, 0) is 67.6 Å². The van der Waals surface area contributed by atoms with Crippen molar-refractivity contribution in [1.29, 1.82) is 0 Å². The van der Waals surface area contributed by atoms with Crippen molar-refractivity contribution in [3.63, 3.8) is 0 Å². The zero-order valence-electron chi connectivity index (χ0n) is 28.5. The number of aliphatic hydroxyl groups is 1. The Morgan fingerprint density at radius 3 is 2.29 bits per heavy atom. The summed E-state index contributed by atoms with van der Waals surface area (Å²) in [7, 11) is 1.32. The van der Waals surface area contributed by atoms with Gasteiger partial charge < -0.3 is 34.9 Å². The predicted octanol–water partition coefficient (Wildman–Crippen LogP) is 4.87. The third-order valence-corrected chi connectivity index (χ3v) is 10.00. The van der Waals surface area contributed by atoms with Crippen molar-refractivity contribution in [2.24, 2.45) is 0 Å². The monoisotopic (exact) mass is 670 g/mol. The van der Waals surface area contributed by atoms with Gasteiger partial charge in [0.15, 0.2) is 6.29 Å². The van der Waals surface area contributed by atoms with Gasteiger partial charge >= 0.3 is 12.0 Å². The van der Waals surface area contributed by atoms with Gasteiger partial charge in [-0.25, -0.2) is 9.59 Å². The number of methoxy groups -OCH3 is 1. The number of amides is 2. The summed E-state index contributed by atoms with van der Waals surface area (Å²) in [5.41, 5.74) is 4.70. The SMILES string of the molecule is COC(=O)[C@H](Cc1ccccc1)NC(=O)NCc1ccc([C@H]2O[C@@H](CN3CCC[C@H]3CN3CCCC3)C[C@@H](c3ccc(CO)cc3)O2)cc1. The Balaban J connectivity index is 1.08. The molecule has 3 N–H and O–H groups in total. The van der Waals surface area contributed by atoms with Crippen molar-refractivity contribution >= 4 is 12.0 Å². The zero-order valence-corrected chi connectivity index (χ0v) is 28.5. The number of carbonyl (C=O) groups is 2. The largest absolute Gasteiger partial charge is 0.467 e. The quantitative estimate of drug-likeness (QED) is 0.221. The summed E-state index contributed by atoms with van der Waals surface area (Å²) in [6.07, 6.45) is 5.49. The number of nitrogens with zero attached hydrogens (tertiary/aromatic N) is 2. The normalized spacial score (nSPS) is 23.6. The number of esters is 1. The Labute approximate surface area is 289 Å². The molecular formula is C39H50N4O6. The summed E-state index contributed by atoms with van der Waals surface area (Å²) in [5.74, 6) is -0.497. The molecule has 3 aromatic rings.